The van der Waals surface area contributed by atoms with E-state index >= 15 is 0 Å². The van der Waals surface area contributed by atoms with E-state index in [9.17, 15) is 0 Å². The van der Waals surface area contributed by atoms with Gasteiger partial charge in [-0.05, 0) is 88.8 Å². The first kappa shape index (κ1) is 27.3. The second kappa shape index (κ2) is 12.0. The molecule has 8 aromatic carbocycles. The van der Waals surface area contributed by atoms with Crippen molar-refractivity contribution in [2.45, 2.75) is 0 Å². The average Bonchev–Trinajstić information content (AvgIpc) is 3.11. The van der Waals surface area contributed by atoms with E-state index in [1.54, 1.807) is 0 Å². The molecule has 212 valence electrons. The molecular formula is C44H31P. The Morgan fingerprint density at radius 3 is 1.36 bits per heavy atom. The van der Waals surface area contributed by atoms with Crippen LogP contribution >= 0.6 is 8.58 Å². The van der Waals surface area contributed by atoms with Gasteiger partial charge in [-0.2, -0.15) is 0 Å². The summed E-state index contributed by atoms with van der Waals surface area (Å²) < 4.78 is 0. The zero-order valence-electron chi connectivity index (χ0n) is 24.8. The van der Waals surface area contributed by atoms with Gasteiger partial charge < -0.3 is 0 Å². The van der Waals surface area contributed by atoms with Crippen molar-refractivity contribution in [3.63, 3.8) is 0 Å². The maximum atomic E-state index is 2.41. The van der Waals surface area contributed by atoms with Crippen LogP contribution in [0.25, 0.3) is 66.1 Å². The van der Waals surface area contributed by atoms with Gasteiger partial charge in [0.1, 0.15) is 0 Å². The highest BCUT2D eigenvalue weighted by atomic mass is 31.1. The molecule has 45 heavy (non-hydrogen) atoms. The molecule has 8 rings (SSSR count). The third kappa shape index (κ3) is 5.25. The highest BCUT2D eigenvalue weighted by Crippen LogP contribution is 2.44. The summed E-state index contributed by atoms with van der Waals surface area (Å²) in [6.45, 7) is 0. The van der Waals surface area contributed by atoms with Crippen LogP contribution in [0.2, 0.25) is 0 Å². The summed E-state index contributed by atoms with van der Waals surface area (Å²) in [6, 6.07) is 66.2. The molecule has 1 heteroatoms. The second-order valence-electron chi connectivity index (χ2n) is 11.4. The SMILES string of the molecule is c1ccc(-c2cccc(-c3c4ccccc4c(-c4cccc(Pc5ccccc5-c5ccccc5)c4)c4ccccc34)c2)cc1. The summed E-state index contributed by atoms with van der Waals surface area (Å²) in [5.41, 5.74) is 10.1. The van der Waals surface area contributed by atoms with Crippen LogP contribution < -0.4 is 10.6 Å². The van der Waals surface area contributed by atoms with Gasteiger partial charge in [0.15, 0.2) is 0 Å². The van der Waals surface area contributed by atoms with E-state index in [4.69, 9.17) is 0 Å². The van der Waals surface area contributed by atoms with Crippen molar-refractivity contribution in [3.8, 4) is 44.5 Å². The van der Waals surface area contributed by atoms with Crippen molar-refractivity contribution in [1.82, 2.24) is 0 Å². The zero-order valence-corrected chi connectivity index (χ0v) is 25.8. The van der Waals surface area contributed by atoms with Gasteiger partial charge in [-0.25, -0.2) is 0 Å². The largest absolute Gasteiger partial charge is 0.0622 e. The highest BCUT2D eigenvalue weighted by molar-refractivity contribution is 7.55. The van der Waals surface area contributed by atoms with Crippen molar-refractivity contribution in [1.29, 1.82) is 0 Å². The molecule has 0 amide bonds. The molecule has 1 unspecified atom stereocenters. The van der Waals surface area contributed by atoms with Crippen LogP contribution in [0.5, 0.6) is 0 Å². The van der Waals surface area contributed by atoms with Gasteiger partial charge in [0.25, 0.3) is 0 Å². The molecule has 8 aromatic rings. The lowest BCUT2D eigenvalue weighted by molar-refractivity contribution is 1.61. The summed E-state index contributed by atoms with van der Waals surface area (Å²) in [7, 11) is 0.556. The van der Waals surface area contributed by atoms with Gasteiger partial charge in [-0.3, -0.25) is 0 Å². The first-order chi connectivity index (χ1) is 22.3. The van der Waals surface area contributed by atoms with Crippen molar-refractivity contribution in [3.05, 3.63) is 182 Å². The van der Waals surface area contributed by atoms with Gasteiger partial charge in [-0.15, -0.1) is 0 Å². The molecule has 0 nitrogen and oxygen atoms in total. The topological polar surface area (TPSA) is 0 Å². The molecule has 0 aliphatic rings. The number of benzene rings is 8. The van der Waals surface area contributed by atoms with Crippen molar-refractivity contribution in [2.75, 3.05) is 0 Å². The van der Waals surface area contributed by atoms with Crippen LogP contribution in [0.4, 0.5) is 0 Å². The minimum atomic E-state index is 0.556. The van der Waals surface area contributed by atoms with Crippen LogP contribution in [0.1, 0.15) is 0 Å². The molecule has 0 aromatic heterocycles. The Hall–Kier alpha value is -5.29. The number of hydrogen-bond donors (Lipinski definition) is 0. The maximum absolute atomic E-state index is 2.41. The van der Waals surface area contributed by atoms with E-state index < -0.39 is 0 Å². The monoisotopic (exact) mass is 590 g/mol. The molecule has 0 bridgehead atoms. The van der Waals surface area contributed by atoms with Crippen molar-refractivity contribution in [2.24, 2.45) is 0 Å². The molecular weight excluding hydrogens is 559 g/mol. The average molecular weight is 591 g/mol. The molecule has 0 spiro atoms. The summed E-state index contributed by atoms with van der Waals surface area (Å²) >= 11 is 0. The Bertz CT molecular complexity index is 2230. The summed E-state index contributed by atoms with van der Waals surface area (Å²) in [4.78, 5) is 0. The minimum Gasteiger partial charge on any atom is -0.0622 e. The second-order valence-corrected chi connectivity index (χ2v) is 12.8. The zero-order chi connectivity index (χ0) is 30.0. The number of rotatable bonds is 6. The smallest absolute Gasteiger partial charge is 0.00261 e. The van der Waals surface area contributed by atoms with E-state index in [2.05, 4.69) is 182 Å². The van der Waals surface area contributed by atoms with E-state index in [1.807, 2.05) is 0 Å². The van der Waals surface area contributed by atoms with E-state index in [0.717, 1.165) is 0 Å². The first-order valence-electron chi connectivity index (χ1n) is 15.4. The molecule has 0 aliphatic carbocycles. The molecule has 0 fully saturated rings. The normalized spacial score (nSPS) is 11.5. The highest BCUT2D eigenvalue weighted by Gasteiger charge is 2.17. The van der Waals surface area contributed by atoms with E-state index in [0.29, 0.717) is 8.58 Å². The third-order valence-corrected chi connectivity index (χ3v) is 9.94. The molecule has 0 saturated carbocycles. The van der Waals surface area contributed by atoms with E-state index in [-0.39, 0.29) is 0 Å². The Balaban J connectivity index is 1.29. The molecule has 0 N–H and O–H groups in total. The number of fused-ring (bicyclic) bond motifs is 2. The fourth-order valence-corrected chi connectivity index (χ4v) is 7.86. The number of hydrogen-bond acceptors (Lipinski definition) is 0. The van der Waals surface area contributed by atoms with E-state index in [1.165, 1.54) is 76.7 Å². The lowest BCUT2D eigenvalue weighted by Crippen LogP contribution is -2.06. The molecule has 0 heterocycles. The first-order valence-corrected chi connectivity index (χ1v) is 16.4. The Kier molecular flexibility index (Phi) is 7.28. The summed E-state index contributed by atoms with van der Waals surface area (Å²) in [5.74, 6) is 0. The van der Waals surface area contributed by atoms with Crippen LogP contribution in [0.3, 0.4) is 0 Å². The van der Waals surface area contributed by atoms with Crippen molar-refractivity contribution >= 4 is 40.7 Å². The van der Waals surface area contributed by atoms with Crippen molar-refractivity contribution < 1.29 is 0 Å². The fourth-order valence-electron chi connectivity index (χ4n) is 6.60. The lowest BCUT2D eigenvalue weighted by Gasteiger charge is -2.19. The minimum absolute atomic E-state index is 0.556. The molecule has 1 atom stereocenters. The third-order valence-electron chi connectivity index (χ3n) is 8.63. The Labute approximate surface area is 266 Å². The summed E-state index contributed by atoms with van der Waals surface area (Å²) in [6.07, 6.45) is 0. The van der Waals surface area contributed by atoms with Crippen LogP contribution in [-0.2, 0) is 0 Å². The predicted molar refractivity (Wildman–Crippen MR) is 197 cm³/mol. The van der Waals surface area contributed by atoms with Crippen LogP contribution in [-0.4, -0.2) is 0 Å². The van der Waals surface area contributed by atoms with Gasteiger partial charge in [-0.1, -0.05) is 178 Å². The van der Waals surface area contributed by atoms with Crippen LogP contribution in [0, 0.1) is 0 Å². The van der Waals surface area contributed by atoms with Gasteiger partial charge in [0, 0.05) is 0 Å². The molecule has 0 aliphatic heterocycles. The Morgan fingerprint density at radius 2 is 0.733 bits per heavy atom. The standard InChI is InChI=1S/C44H31P/c1-3-15-31(16-4-1)33-19-13-20-34(29-33)43-38-24-7-9-26-40(38)44(41-27-10-8-25-39(41)43)35-21-14-22-36(30-35)45-42-28-12-11-23-37(42)32-17-5-2-6-18-32/h1-30,45H. The van der Waals surface area contributed by atoms with Gasteiger partial charge in [0.05, 0.1) is 0 Å². The maximum Gasteiger partial charge on any atom is -0.00261 e. The predicted octanol–water partition coefficient (Wildman–Crippen LogP) is 11.3. The summed E-state index contributed by atoms with van der Waals surface area (Å²) in [5, 5.41) is 7.81. The lowest BCUT2D eigenvalue weighted by atomic mass is 9.85. The van der Waals surface area contributed by atoms with Crippen LogP contribution in [0.15, 0.2) is 182 Å². The van der Waals surface area contributed by atoms with Gasteiger partial charge in [0.2, 0.25) is 0 Å². The molecule has 0 radical (unpaired) electrons. The van der Waals surface area contributed by atoms with Gasteiger partial charge >= 0.3 is 0 Å². The fraction of sp³-hybridized carbons (Fsp3) is 0. The quantitative estimate of drug-likeness (QED) is 0.133. The Morgan fingerprint density at radius 1 is 0.289 bits per heavy atom. The molecule has 0 saturated heterocycles.